The van der Waals surface area contributed by atoms with E-state index in [4.69, 9.17) is 4.99 Å². The van der Waals surface area contributed by atoms with Gasteiger partial charge >= 0.3 is 0 Å². The van der Waals surface area contributed by atoms with Crippen LogP contribution in [0.15, 0.2) is 29.3 Å². The third-order valence-electron chi connectivity index (χ3n) is 5.32. The van der Waals surface area contributed by atoms with E-state index in [9.17, 15) is 9.59 Å². The van der Waals surface area contributed by atoms with Crippen LogP contribution in [0.3, 0.4) is 0 Å². The van der Waals surface area contributed by atoms with E-state index in [1.54, 1.807) is 23.5 Å². The van der Waals surface area contributed by atoms with Crippen molar-refractivity contribution >= 4 is 46.2 Å². The average Bonchev–Trinajstić information content (AvgIpc) is 3.13. The van der Waals surface area contributed by atoms with Gasteiger partial charge in [-0.1, -0.05) is 30.0 Å². The zero-order valence-corrected chi connectivity index (χ0v) is 16.7. The number of nitrogens with zero attached hydrogens (tertiary/aromatic N) is 3. The number of carbonyl (C=O) groups is 2. The molecule has 0 aromatic heterocycles. The predicted octanol–water partition coefficient (Wildman–Crippen LogP) is 3.40. The molecule has 3 heterocycles. The number of amidine groups is 1. The standard InChI is InChI=1S/C19H23N3O2S2/c1-13-6-3-4-7-14(13)20-18-21(10-5-11-25-18)17(24)15-12-26-19(2)9-8-16(23)22(15)19/h3-4,6-7,15H,5,8-12H2,1-2H3/t15-,19+/m0/s1. The van der Waals surface area contributed by atoms with Gasteiger partial charge in [0, 0.05) is 24.5 Å². The van der Waals surface area contributed by atoms with E-state index >= 15 is 0 Å². The minimum atomic E-state index is -0.360. The van der Waals surface area contributed by atoms with E-state index in [-0.39, 0.29) is 22.7 Å². The molecule has 2 atom stereocenters. The van der Waals surface area contributed by atoms with Crippen LogP contribution in [0.4, 0.5) is 5.69 Å². The summed E-state index contributed by atoms with van der Waals surface area (Å²) < 4.78 is 0. The van der Waals surface area contributed by atoms with E-state index in [0.717, 1.165) is 35.0 Å². The fourth-order valence-electron chi connectivity index (χ4n) is 3.83. The van der Waals surface area contributed by atoms with Crippen molar-refractivity contribution < 1.29 is 9.59 Å². The summed E-state index contributed by atoms with van der Waals surface area (Å²) in [7, 11) is 0. The molecule has 0 aliphatic carbocycles. The fraction of sp³-hybridized carbons (Fsp3) is 0.526. The molecule has 0 spiro atoms. The number of hydrogen-bond donors (Lipinski definition) is 0. The first-order valence-corrected chi connectivity index (χ1v) is 11.0. The van der Waals surface area contributed by atoms with Gasteiger partial charge in [0.25, 0.3) is 5.91 Å². The Morgan fingerprint density at radius 3 is 2.96 bits per heavy atom. The van der Waals surface area contributed by atoms with Gasteiger partial charge in [0.15, 0.2) is 5.17 Å². The van der Waals surface area contributed by atoms with E-state index in [1.165, 1.54) is 0 Å². The lowest BCUT2D eigenvalue weighted by Crippen LogP contribution is -2.53. The normalized spacial score (nSPS) is 30.2. The van der Waals surface area contributed by atoms with Crippen LogP contribution in [0.1, 0.15) is 31.7 Å². The molecule has 0 saturated carbocycles. The first kappa shape index (κ1) is 17.9. The Hall–Kier alpha value is -1.47. The van der Waals surface area contributed by atoms with Crippen LogP contribution in [0.5, 0.6) is 0 Å². The molecule has 2 amide bonds. The van der Waals surface area contributed by atoms with Gasteiger partial charge in [-0.05, 0) is 38.3 Å². The van der Waals surface area contributed by atoms with Crippen molar-refractivity contribution in [3.63, 3.8) is 0 Å². The quantitative estimate of drug-likeness (QED) is 0.778. The van der Waals surface area contributed by atoms with Gasteiger partial charge in [-0.25, -0.2) is 4.99 Å². The summed E-state index contributed by atoms with van der Waals surface area (Å²) in [6, 6.07) is 7.61. The minimum Gasteiger partial charge on any atom is -0.315 e. The maximum atomic E-state index is 13.3. The van der Waals surface area contributed by atoms with Crippen molar-refractivity contribution in [3.8, 4) is 0 Å². The lowest BCUT2D eigenvalue weighted by molar-refractivity contribution is -0.141. The van der Waals surface area contributed by atoms with Crippen molar-refractivity contribution in [3.05, 3.63) is 29.8 Å². The summed E-state index contributed by atoms with van der Waals surface area (Å²) in [6.45, 7) is 4.79. The minimum absolute atomic E-state index is 0.0241. The van der Waals surface area contributed by atoms with Gasteiger partial charge in [-0.2, -0.15) is 0 Å². The molecule has 3 saturated heterocycles. The number of para-hydroxylation sites is 1. The van der Waals surface area contributed by atoms with Gasteiger partial charge in [0.2, 0.25) is 5.91 Å². The van der Waals surface area contributed by atoms with Crippen molar-refractivity contribution in [2.45, 2.75) is 44.0 Å². The lowest BCUT2D eigenvalue weighted by atomic mass is 10.2. The number of fused-ring (bicyclic) bond motifs is 1. The molecule has 4 rings (SSSR count). The molecule has 3 aliphatic rings. The Balaban J connectivity index is 1.62. The summed E-state index contributed by atoms with van der Waals surface area (Å²) in [4.78, 5) is 33.9. The third kappa shape index (κ3) is 3.05. The first-order chi connectivity index (χ1) is 12.5. The zero-order valence-electron chi connectivity index (χ0n) is 15.1. The molecular weight excluding hydrogens is 366 g/mol. The van der Waals surface area contributed by atoms with Crippen LogP contribution in [0, 0.1) is 6.92 Å². The Morgan fingerprint density at radius 2 is 2.15 bits per heavy atom. The summed E-state index contributed by atoms with van der Waals surface area (Å²) in [6.07, 6.45) is 2.33. The number of carbonyl (C=O) groups excluding carboxylic acids is 2. The number of rotatable bonds is 2. The summed E-state index contributed by atoms with van der Waals surface area (Å²) in [5.74, 6) is 1.78. The van der Waals surface area contributed by atoms with Crippen LogP contribution in [0.25, 0.3) is 0 Å². The SMILES string of the molecule is Cc1ccccc1N=C1SCCCN1C(=O)[C@@H]1CS[C@]2(C)CCC(=O)N12. The summed E-state index contributed by atoms with van der Waals surface area (Å²) >= 11 is 3.37. The Kier molecular flexibility index (Phi) is 4.77. The summed E-state index contributed by atoms with van der Waals surface area (Å²) in [5.41, 5.74) is 2.00. The van der Waals surface area contributed by atoms with Crippen molar-refractivity contribution in [2.75, 3.05) is 18.1 Å². The fourth-order valence-corrected chi connectivity index (χ4v) is 6.21. The molecule has 0 unspecified atom stereocenters. The van der Waals surface area contributed by atoms with Crippen molar-refractivity contribution in [1.82, 2.24) is 9.80 Å². The van der Waals surface area contributed by atoms with Gasteiger partial charge in [-0.3, -0.25) is 14.5 Å². The Labute approximate surface area is 162 Å². The highest BCUT2D eigenvalue weighted by Crippen LogP contribution is 2.47. The van der Waals surface area contributed by atoms with Crippen molar-refractivity contribution in [2.24, 2.45) is 4.99 Å². The predicted molar refractivity (Wildman–Crippen MR) is 108 cm³/mol. The van der Waals surface area contributed by atoms with Crippen LogP contribution < -0.4 is 0 Å². The molecule has 7 heteroatoms. The number of hydrogen-bond acceptors (Lipinski definition) is 5. The monoisotopic (exact) mass is 389 g/mol. The van der Waals surface area contributed by atoms with E-state index in [0.29, 0.717) is 18.7 Å². The molecule has 1 aromatic carbocycles. The van der Waals surface area contributed by atoms with E-state index in [1.807, 2.05) is 41.0 Å². The maximum Gasteiger partial charge on any atom is 0.252 e. The second-order valence-electron chi connectivity index (χ2n) is 7.14. The highest BCUT2D eigenvalue weighted by molar-refractivity contribution is 8.13. The second-order valence-corrected chi connectivity index (χ2v) is 9.70. The first-order valence-electron chi connectivity index (χ1n) is 9.04. The molecule has 1 aromatic rings. The summed E-state index contributed by atoms with van der Waals surface area (Å²) in [5, 5.41) is 0.765. The molecule has 0 bridgehead atoms. The van der Waals surface area contributed by atoms with Gasteiger partial charge in [-0.15, -0.1) is 11.8 Å². The van der Waals surface area contributed by atoms with E-state index < -0.39 is 0 Å². The highest BCUT2D eigenvalue weighted by atomic mass is 32.2. The average molecular weight is 390 g/mol. The van der Waals surface area contributed by atoms with Crippen LogP contribution in [-0.4, -0.2) is 55.7 Å². The maximum absolute atomic E-state index is 13.3. The molecule has 3 fully saturated rings. The molecular formula is C19H23N3O2S2. The molecule has 3 aliphatic heterocycles. The molecule has 0 N–H and O–H groups in total. The molecule has 0 radical (unpaired) electrons. The molecule has 5 nitrogen and oxygen atoms in total. The topological polar surface area (TPSA) is 53.0 Å². The Bertz CT molecular complexity index is 782. The third-order valence-corrected chi connectivity index (χ3v) is 7.88. The van der Waals surface area contributed by atoms with Gasteiger partial charge in [0.1, 0.15) is 6.04 Å². The highest BCUT2D eigenvalue weighted by Gasteiger charge is 2.54. The zero-order chi connectivity index (χ0) is 18.3. The second kappa shape index (κ2) is 6.93. The smallest absolute Gasteiger partial charge is 0.252 e. The number of amides is 2. The van der Waals surface area contributed by atoms with Gasteiger partial charge in [0.05, 0.1) is 10.6 Å². The van der Waals surface area contributed by atoms with E-state index in [2.05, 4.69) is 6.92 Å². The van der Waals surface area contributed by atoms with Gasteiger partial charge < -0.3 is 4.90 Å². The number of thioether (sulfide) groups is 2. The Morgan fingerprint density at radius 1 is 1.35 bits per heavy atom. The number of aliphatic imine (C=N–C) groups is 1. The number of benzene rings is 1. The van der Waals surface area contributed by atoms with Crippen LogP contribution >= 0.6 is 23.5 Å². The van der Waals surface area contributed by atoms with Crippen molar-refractivity contribution in [1.29, 1.82) is 0 Å². The van der Waals surface area contributed by atoms with Crippen LogP contribution in [-0.2, 0) is 9.59 Å². The number of aryl methyl sites for hydroxylation is 1. The lowest BCUT2D eigenvalue weighted by Gasteiger charge is -2.34. The largest absolute Gasteiger partial charge is 0.315 e. The molecule has 26 heavy (non-hydrogen) atoms. The van der Waals surface area contributed by atoms with Crippen LogP contribution in [0.2, 0.25) is 0 Å². The molecule has 138 valence electrons.